The molecule has 1 aromatic rings. The van der Waals surface area contributed by atoms with E-state index in [4.69, 9.17) is 4.74 Å². The Labute approximate surface area is 143 Å². The van der Waals surface area contributed by atoms with Crippen LogP contribution in [-0.4, -0.2) is 45.1 Å². The maximum atomic E-state index is 13.1. The van der Waals surface area contributed by atoms with Crippen LogP contribution in [0.25, 0.3) is 0 Å². The highest BCUT2D eigenvalue weighted by atomic mass is 79.9. The summed E-state index contributed by atoms with van der Waals surface area (Å²) >= 11 is 3.07. The van der Waals surface area contributed by atoms with E-state index in [9.17, 15) is 17.6 Å². The molecule has 1 amide bonds. The number of nitrogens with one attached hydrogen (secondary N) is 1. The molecule has 6 nitrogen and oxygen atoms in total. The maximum Gasteiger partial charge on any atom is 0.409 e. The summed E-state index contributed by atoms with van der Waals surface area (Å²) in [6.07, 6.45) is 0.614. The van der Waals surface area contributed by atoms with E-state index in [1.54, 1.807) is 11.8 Å². The molecule has 128 valence electrons. The number of amides is 1. The Hall–Kier alpha value is -1.19. The van der Waals surface area contributed by atoms with Gasteiger partial charge in [0.25, 0.3) is 0 Å². The highest BCUT2D eigenvalue weighted by Crippen LogP contribution is 2.24. The summed E-state index contributed by atoms with van der Waals surface area (Å²) in [4.78, 5) is 13.2. The highest BCUT2D eigenvalue weighted by Gasteiger charge is 2.28. The number of rotatable bonds is 4. The summed E-state index contributed by atoms with van der Waals surface area (Å²) in [5.41, 5.74) is 0. The Balaban J connectivity index is 1.99. The number of carbonyl (C=O) groups excluding carboxylic acids is 1. The first-order valence-corrected chi connectivity index (χ1v) is 9.50. The molecule has 1 aliphatic rings. The predicted octanol–water partition coefficient (Wildman–Crippen LogP) is 2.49. The number of halogens is 2. The van der Waals surface area contributed by atoms with Gasteiger partial charge >= 0.3 is 6.09 Å². The summed E-state index contributed by atoms with van der Waals surface area (Å²) in [7, 11) is -3.75. The number of carbonyl (C=O) groups is 1. The maximum absolute atomic E-state index is 13.1. The lowest BCUT2D eigenvalue weighted by molar-refractivity contribution is 0.0966. The minimum atomic E-state index is -3.75. The third-order valence-corrected chi connectivity index (χ3v) is 6.02. The molecule has 1 N–H and O–H groups in total. The van der Waals surface area contributed by atoms with E-state index in [0.29, 0.717) is 32.5 Å². The van der Waals surface area contributed by atoms with Crippen molar-refractivity contribution >= 4 is 32.0 Å². The lowest BCUT2D eigenvalue weighted by atomic mass is 10.1. The zero-order valence-electron chi connectivity index (χ0n) is 12.6. The van der Waals surface area contributed by atoms with Gasteiger partial charge in [0.2, 0.25) is 10.0 Å². The second-order valence-electron chi connectivity index (χ2n) is 5.16. The van der Waals surface area contributed by atoms with Crippen LogP contribution in [0.1, 0.15) is 19.8 Å². The van der Waals surface area contributed by atoms with E-state index >= 15 is 0 Å². The number of hydrogen-bond acceptors (Lipinski definition) is 4. The molecule has 0 unspecified atom stereocenters. The summed E-state index contributed by atoms with van der Waals surface area (Å²) in [5, 5.41) is 0. The average molecular weight is 409 g/mol. The molecule has 1 aromatic carbocycles. The number of nitrogens with zero attached hydrogens (tertiary/aromatic N) is 1. The van der Waals surface area contributed by atoms with Crippen LogP contribution in [0, 0.1) is 5.82 Å². The van der Waals surface area contributed by atoms with Crippen LogP contribution in [0.4, 0.5) is 9.18 Å². The van der Waals surface area contributed by atoms with Gasteiger partial charge in [0, 0.05) is 23.6 Å². The SMILES string of the molecule is CCOC(=O)N1CCC(NS(=O)(=O)c2ccc(F)cc2Br)CC1. The van der Waals surface area contributed by atoms with Crippen molar-refractivity contribution in [1.29, 1.82) is 0 Å². The lowest BCUT2D eigenvalue weighted by Crippen LogP contribution is -2.46. The Kier molecular flexibility index (Phi) is 5.99. The normalized spacial score (nSPS) is 16.4. The molecule has 0 saturated carbocycles. The predicted molar refractivity (Wildman–Crippen MR) is 86.0 cm³/mol. The van der Waals surface area contributed by atoms with Gasteiger partial charge in [-0.25, -0.2) is 22.3 Å². The monoisotopic (exact) mass is 408 g/mol. The van der Waals surface area contributed by atoms with E-state index in [-0.39, 0.29) is 21.5 Å². The van der Waals surface area contributed by atoms with Gasteiger partial charge in [0.15, 0.2) is 0 Å². The van der Waals surface area contributed by atoms with Crippen molar-refractivity contribution < 1.29 is 22.3 Å². The van der Waals surface area contributed by atoms with Crippen LogP contribution in [0.15, 0.2) is 27.6 Å². The number of benzene rings is 1. The molecule has 1 saturated heterocycles. The van der Waals surface area contributed by atoms with Crippen molar-refractivity contribution in [2.45, 2.75) is 30.7 Å². The fourth-order valence-electron chi connectivity index (χ4n) is 2.37. The Morgan fingerprint density at radius 2 is 2.09 bits per heavy atom. The van der Waals surface area contributed by atoms with Gasteiger partial charge in [-0.3, -0.25) is 0 Å². The van der Waals surface area contributed by atoms with Crippen LogP contribution in [0.3, 0.4) is 0 Å². The van der Waals surface area contributed by atoms with Crippen molar-refractivity contribution in [1.82, 2.24) is 9.62 Å². The third-order valence-electron chi connectivity index (χ3n) is 3.53. The van der Waals surface area contributed by atoms with Gasteiger partial charge < -0.3 is 9.64 Å². The van der Waals surface area contributed by atoms with Gasteiger partial charge in [-0.1, -0.05) is 0 Å². The molecule has 2 rings (SSSR count). The van der Waals surface area contributed by atoms with Crippen LogP contribution in [0.2, 0.25) is 0 Å². The van der Waals surface area contributed by atoms with Gasteiger partial charge in [-0.15, -0.1) is 0 Å². The molecule has 0 atom stereocenters. The zero-order chi connectivity index (χ0) is 17.0. The summed E-state index contributed by atoms with van der Waals surface area (Å²) in [5.74, 6) is -0.515. The van der Waals surface area contributed by atoms with Crippen molar-refractivity contribution in [2.75, 3.05) is 19.7 Å². The smallest absolute Gasteiger partial charge is 0.409 e. The number of piperidine rings is 1. The van der Waals surface area contributed by atoms with Gasteiger partial charge in [-0.05, 0) is 53.9 Å². The largest absolute Gasteiger partial charge is 0.450 e. The molecule has 0 aromatic heterocycles. The number of sulfonamides is 1. The molecule has 1 fully saturated rings. The number of ether oxygens (including phenoxy) is 1. The Morgan fingerprint density at radius 3 is 2.65 bits per heavy atom. The summed E-state index contributed by atoms with van der Waals surface area (Å²) in [6, 6.07) is 3.15. The Morgan fingerprint density at radius 1 is 1.43 bits per heavy atom. The molecule has 0 bridgehead atoms. The molecule has 9 heteroatoms. The highest BCUT2D eigenvalue weighted by molar-refractivity contribution is 9.10. The third kappa shape index (κ3) is 4.65. The molecule has 0 spiro atoms. The van der Waals surface area contributed by atoms with Crippen LogP contribution in [0.5, 0.6) is 0 Å². The second-order valence-corrected chi connectivity index (χ2v) is 7.69. The zero-order valence-corrected chi connectivity index (χ0v) is 15.0. The fourth-order valence-corrected chi connectivity index (χ4v) is 4.73. The number of hydrogen-bond donors (Lipinski definition) is 1. The molecular formula is C14H18BrFN2O4S. The van der Waals surface area contributed by atoms with Crippen molar-refractivity contribution in [3.63, 3.8) is 0 Å². The van der Waals surface area contributed by atoms with E-state index in [0.717, 1.165) is 12.1 Å². The van der Waals surface area contributed by atoms with E-state index < -0.39 is 15.8 Å². The standard InChI is InChI=1S/C14H18BrFN2O4S/c1-2-22-14(19)18-7-5-11(6-8-18)17-23(20,21)13-4-3-10(16)9-12(13)15/h3-4,9,11,17H,2,5-8H2,1H3. The van der Waals surface area contributed by atoms with Crippen molar-refractivity contribution in [3.05, 3.63) is 28.5 Å². The summed E-state index contributed by atoms with van der Waals surface area (Å²) in [6.45, 7) is 2.90. The van der Waals surface area contributed by atoms with Crippen LogP contribution < -0.4 is 4.72 Å². The van der Waals surface area contributed by atoms with Gasteiger partial charge in [-0.2, -0.15) is 0 Å². The van der Waals surface area contributed by atoms with Crippen LogP contribution >= 0.6 is 15.9 Å². The molecular weight excluding hydrogens is 391 g/mol. The average Bonchev–Trinajstić information content (AvgIpc) is 2.47. The molecule has 1 aliphatic heterocycles. The molecule has 0 aliphatic carbocycles. The van der Waals surface area contributed by atoms with E-state index in [1.807, 2.05) is 0 Å². The first kappa shape index (κ1) is 18.2. The molecule has 1 heterocycles. The number of likely N-dealkylation sites (tertiary alicyclic amines) is 1. The Bertz CT molecular complexity index is 675. The van der Waals surface area contributed by atoms with Crippen LogP contribution in [-0.2, 0) is 14.8 Å². The quantitative estimate of drug-likeness (QED) is 0.829. The minimum Gasteiger partial charge on any atom is -0.450 e. The topological polar surface area (TPSA) is 75.7 Å². The second kappa shape index (κ2) is 7.59. The van der Waals surface area contributed by atoms with Gasteiger partial charge in [0.05, 0.1) is 11.5 Å². The molecule has 23 heavy (non-hydrogen) atoms. The van der Waals surface area contributed by atoms with Gasteiger partial charge in [0.1, 0.15) is 5.82 Å². The fraction of sp³-hybridized carbons (Fsp3) is 0.500. The first-order valence-electron chi connectivity index (χ1n) is 7.22. The minimum absolute atomic E-state index is 0.00766. The lowest BCUT2D eigenvalue weighted by Gasteiger charge is -2.31. The van der Waals surface area contributed by atoms with Crippen molar-refractivity contribution in [2.24, 2.45) is 0 Å². The summed E-state index contributed by atoms with van der Waals surface area (Å²) < 4.78 is 45.5. The first-order chi connectivity index (χ1) is 10.8. The van der Waals surface area contributed by atoms with E-state index in [1.165, 1.54) is 6.07 Å². The van der Waals surface area contributed by atoms with Crippen molar-refractivity contribution in [3.8, 4) is 0 Å². The molecule has 0 radical (unpaired) electrons. The van der Waals surface area contributed by atoms with E-state index in [2.05, 4.69) is 20.7 Å².